The summed E-state index contributed by atoms with van der Waals surface area (Å²) in [6, 6.07) is 8.94. The van der Waals surface area contributed by atoms with E-state index < -0.39 is 11.2 Å². The smallest absolute Gasteiger partial charge is 0.354 e. The number of amides is 1. The van der Waals surface area contributed by atoms with E-state index in [1.165, 1.54) is 42.9 Å². The zero-order valence-corrected chi connectivity index (χ0v) is 20.5. The van der Waals surface area contributed by atoms with Crippen molar-refractivity contribution >= 4 is 84.3 Å². The molecule has 3 aromatic heterocycles. The monoisotopic (exact) mass is 549 g/mol. The van der Waals surface area contributed by atoms with Crippen molar-refractivity contribution < 1.29 is 19.5 Å². The first-order valence-corrected chi connectivity index (χ1v) is 9.65. The Morgan fingerprint density at radius 2 is 1.15 bits per heavy atom. The molecular weight excluding hydrogens is 536 g/mol. The fraction of sp³-hybridized carbons (Fsp3) is 0.0526. The van der Waals surface area contributed by atoms with Crippen molar-refractivity contribution in [3.8, 4) is 0 Å². The molecule has 0 aliphatic heterocycles. The van der Waals surface area contributed by atoms with Crippen LogP contribution in [0.5, 0.6) is 0 Å². The van der Waals surface area contributed by atoms with Crippen LogP contribution < -0.4 is 5.32 Å². The van der Waals surface area contributed by atoms with Crippen LogP contribution in [0, 0.1) is 0 Å². The van der Waals surface area contributed by atoms with Crippen molar-refractivity contribution in [1.29, 1.82) is 0 Å². The molecule has 1 amide bonds. The molecule has 0 aliphatic carbocycles. The lowest BCUT2D eigenvalue weighted by Crippen LogP contribution is -2.18. The lowest BCUT2D eigenvalue weighted by Gasteiger charge is -1.97. The molecule has 0 fully saturated rings. The third kappa shape index (κ3) is 13.0. The van der Waals surface area contributed by atoms with E-state index in [-0.39, 0.29) is 38.1 Å². The van der Waals surface area contributed by atoms with Crippen molar-refractivity contribution in [2.24, 2.45) is 0 Å². The normalized spacial score (nSPS) is 8.76. The Morgan fingerprint density at radius 3 is 1.45 bits per heavy atom. The minimum atomic E-state index is -1.07. The number of nitrogens with zero attached hydrogens (tertiary/aromatic N) is 3. The van der Waals surface area contributed by atoms with Gasteiger partial charge in [0.15, 0.2) is 0 Å². The standard InChI is InChI=1S/C7H7ClN2O.C6H3Cl2NO.C6H4ClNO2.B.ClH/c1-9-7(11)6-4-5(8)2-3-10-6;7-4-1-2-9-5(3-4)6(8)10;7-4-1-2-8-5(3-4)6(9)10;;/h2-4H,1H3,(H,9,11);1-3H;1-3H,(H,9,10);;1H. The number of hydrogen-bond donors (Lipinski definition) is 2. The number of aromatic carboxylic acids is 1. The van der Waals surface area contributed by atoms with Gasteiger partial charge >= 0.3 is 5.97 Å². The Bertz CT molecular complexity index is 1020. The molecule has 2 N–H and O–H groups in total. The average Bonchev–Trinajstić information content (AvgIpc) is 2.74. The van der Waals surface area contributed by atoms with Crippen LogP contribution in [0.3, 0.4) is 0 Å². The molecule has 8 nitrogen and oxygen atoms in total. The van der Waals surface area contributed by atoms with Gasteiger partial charge in [-0.05, 0) is 48.0 Å². The maximum Gasteiger partial charge on any atom is 0.354 e. The summed E-state index contributed by atoms with van der Waals surface area (Å²) in [5, 5.41) is 11.6. The van der Waals surface area contributed by atoms with E-state index >= 15 is 0 Å². The first kappa shape index (κ1) is 32.8. The van der Waals surface area contributed by atoms with Gasteiger partial charge in [-0.15, -0.1) is 12.4 Å². The van der Waals surface area contributed by atoms with Crippen molar-refractivity contribution in [3.63, 3.8) is 0 Å². The van der Waals surface area contributed by atoms with E-state index in [2.05, 4.69) is 20.3 Å². The molecule has 14 heteroatoms. The first-order valence-electron chi connectivity index (χ1n) is 8.14. The lowest BCUT2D eigenvalue weighted by molar-refractivity contribution is 0.0690. The molecule has 3 aromatic rings. The molecule has 0 aromatic carbocycles. The number of rotatable bonds is 3. The fourth-order valence-corrected chi connectivity index (χ4v) is 2.27. The van der Waals surface area contributed by atoms with Crippen LogP contribution in [0.4, 0.5) is 0 Å². The summed E-state index contributed by atoms with van der Waals surface area (Å²) in [6.45, 7) is 0. The van der Waals surface area contributed by atoms with Gasteiger partial charge in [0.25, 0.3) is 11.1 Å². The van der Waals surface area contributed by atoms with Crippen LogP contribution in [0.1, 0.15) is 31.5 Å². The Kier molecular flexibility index (Phi) is 17.0. The van der Waals surface area contributed by atoms with E-state index in [0.29, 0.717) is 20.8 Å². The number of carboxylic acid groups (broad SMARTS) is 1. The molecule has 0 atom stereocenters. The number of nitrogens with one attached hydrogen (secondary N) is 1. The second kappa shape index (κ2) is 17.1. The van der Waals surface area contributed by atoms with Crippen molar-refractivity contribution in [3.05, 3.63) is 87.1 Å². The summed E-state index contributed by atoms with van der Waals surface area (Å²) in [4.78, 5) is 42.6. The quantitative estimate of drug-likeness (QED) is 0.358. The zero-order chi connectivity index (χ0) is 23.4. The first-order chi connectivity index (χ1) is 14.6. The van der Waals surface area contributed by atoms with Crippen molar-refractivity contribution in [1.82, 2.24) is 20.3 Å². The lowest BCUT2D eigenvalue weighted by atomic mass is 10.3. The number of halogens is 5. The second-order valence-corrected chi connectivity index (χ2v) is 6.89. The topological polar surface area (TPSA) is 122 Å². The molecular formula is C19H15BCl5N4O4. The predicted molar refractivity (Wildman–Crippen MR) is 131 cm³/mol. The molecule has 33 heavy (non-hydrogen) atoms. The van der Waals surface area contributed by atoms with Gasteiger partial charge in [0.1, 0.15) is 17.1 Å². The molecule has 0 spiro atoms. The van der Waals surface area contributed by atoms with Gasteiger partial charge in [0.05, 0.1) is 0 Å². The number of carbonyl (C=O) groups excluding carboxylic acids is 2. The van der Waals surface area contributed by atoms with Crippen molar-refractivity contribution in [2.75, 3.05) is 7.05 Å². The number of carbonyl (C=O) groups is 3. The third-order valence-electron chi connectivity index (χ3n) is 3.05. The van der Waals surface area contributed by atoms with E-state index in [0.717, 1.165) is 0 Å². The van der Waals surface area contributed by atoms with Crippen LogP contribution in [-0.2, 0) is 0 Å². The van der Waals surface area contributed by atoms with Crippen LogP contribution in [0.15, 0.2) is 55.0 Å². The molecule has 0 unspecified atom stereocenters. The summed E-state index contributed by atoms with van der Waals surface area (Å²) in [5.41, 5.74) is 0.474. The molecule has 3 radical (unpaired) electrons. The Labute approximate surface area is 217 Å². The number of aromatic nitrogens is 3. The van der Waals surface area contributed by atoms with Gasteiger partial charge in [-0.3, -0.25) is 19.6 Å². The predicted octanol–water partition coefficient (Wildman–Crippen LogP) is 4.68. The highest BCUT2D eigenvalue weighted by Crippen LogP contribution is 2.09. The highest BCUT2D eigenvalue weighted by Gasteiger charge is 2.04. The van der Waals surface area contributed by atoms with Gasteiger partial charge < -0.3 is 10.4 Å². The minimum Gasteiger partial charge on any atom is -0.477 e. The minimum absolute atomic E-state index is 0. The molecule has 0 bridgehead atoms. The zero-order valence-electron chi connectivity index (χ0n) is 16.7. The number of carboxylic acids is 1. The molecule has 0 saturated carbocycles. The maximum absolute atomic E-state index is 10.9. The van der Waals surface area contributed by atoms with E-state index in [4.69, 9.17) is 51.5 Å². The second-order valence-electron chi connectivity index (χ2n) is 5.24. The van der Waals surface area contributed by atoms with E-state index in [1.807, 2.05) is 0 Å². The highest BCUT2D eigenvalue weighted by atomic mass is 35.5. The van der Waals surface area contributed by atoms with Crippen molar-refractivity contribution in [2.45, 2.75) is 0 Å². The van der Waals surface area contributed by atoms with Gasteiger partial charge in [-0.2, -0.15) is 0 Å². The SMILES string of the molecule is CNC(=O)c1cc(Cl)ccn1.Cl.O=C(Cl)c1cc(Cl)ccn1.O=C(O)c1cc(Cl)ccn1.[B]. The maximum atomic E-state index is 10.9. The molecule has 3 rings (SSSR count). The van der Waals surface area contributed by atoms with Crippen LogP contribution >= 0.6 is 58.8 Å². The third-order valence-corrected chi connectivity index (χ3v) is 3.95. The fourth-order valence-electron chi connectivity index (χ4n) is 1.69. The largest absolute Gasteiger partial charge is 0.477 e. The Balaban J connectivity index is 0. The van der Waals surface area contributed by atoms with Gasteiger partial charge in [0.2, 0.25) is 0 Å². The van der Waals surface area contributed by atoms with Crippen LogP contribution in [0.25, 0.3) is 0 Å². The number of hydrogen-bond acceptors (Lipinski definition) is 6. The highest BCUT2D eigenvalue weighted by molar-refractivity contribution is 6.67. The molecule has 173 valence electrons. The van der Waals surface area contributed by atoms with Gasteiger partial charge in [-0.1, -0.05) is 34.8 Å². The summed E-state index contributed by atoms with van der Waals surface area (Å²) in [5.74, 6) is -1.30. The summed E-state index contributed by atoms with van der Waals surface area (Å²) >= 11 is 21.8. The number of pyridine rings is 3. The molecule has 0 saturated heterocycles. The summed E-state index contributed by atoms with van der Waals surface area (Å²) in [6.07, 6.45) is 4.27. The van der Waals surface area contributed by atoms with Crippen LogP contribution in [0.2, 0.25) is 15.1 Å². The van der Waals surface area contributed by atoms with Gasteiger partial charge in [-0.25, -0.2) is 9.78 Å². The summed E-state index contributed by atoms with van der Waals surface area (Å²) in [7, 11) is 1.55. The van der Waals surface area contributed by atoms with Gasteiger partial charge in [0, 0.05) is 49.1 Å². The summed E-state index contributed by atoms with van der Waals surface area (Å²) < 4.78 is 0. The van der Waals surface area contributed by atoms with Crippen LogP contribution in [-0.4, -0.2) is 52.6 Å². The molecule has 3 heterocycles. The van der Waals surface area contributed by atoms with E-state index in [9.17, 15) is 14.4 Å². The van der Waals surface area contributed by atoms with E-state index in [1.54, 1.807) is 19.2 Å². The Morgan fingerprint density at radius 1 is 0.788 bits per heavy atom. The Hall–Kier alpha value is -2.43. The average molecular weight is 551 g/mol. The molecule has 0 aliphatic rings.